The zero-order chi connectivity index (χ0) is 19.2. The molecule has 0 heterocycles. The van der Waals surface area contributed by atoms with Crippen molar-refractivity contribution in [1.29, 1.82) is 0 Å². The predicted octanol–water partition coefficient (Wildman–Crippen LogP) is 4.35. The lowest BCUT2D eigenvalue weighted by molar-refractivity contribution is 0.0943. The second-order valence-electron chi connectivity index (χ2n) is 5.94. The fraction of sp³-hybridized carbons (Fsp3) is 0.0476. The molecule has 3 amide bonds. The molecule has 0 radical (unpaired) electrons. The van der Waals surface area contributed by atoms with E-state index in [4.69, 9.17) is 17.3 Å². The summed E-state index contributed by atoms with van der Waals surface area (Å²) in [6.07, 6.45) is 0. The molecule has 0 saturated heterocycles. The van der Waals surface area contributed by atoms with Gasteiger partial charge in [0, 0.05) is 16.3 Å². The second kappa shape index (κ2) is 8.38. The summed E-state index contributed by atoms with van der Waals surface area (Å²) in [5.74, 6) is -0.232. The minimum Gasteiger partial charge on any atom is -0.351 e. The minimum absolute atomic E-state index is 0.232. The lowest BCUT2D eigenvalue weighted by atomic mass is 9.98. The van der Waals surface area contributed by atoms with Gasteiger partial charge in [0.25, 0.3) is 5.91 Å². The Morgan fingerprint density at radius 1 is 0.815 bits per heavy atom. The van der Waals surface area contributed by atoms with Crippen LogP contribution in [0.15, 0.2) is 78.9 Å². The lowest BCUT2D eigenvalue weighted by Gasteiger charge is -2.20. The number of primary amides is 1. The molecule has 0 aliphatic heterocycles. The van der Waals surface area contributed by atoms with Gasteiger partial charge in [0.05, 0.1) is 6.04 Å². The van der Waals surface area contributed by atoms with Crippen molar-refractivity contribution in [3.8, 4) is 0 Å². The third-order valence-electron chi connectivity index (χ3n) is 4.03. The van der Waals surface area contributed by atoms with Crippen molar-refractivity contribution in [2.75, 3.05) is 5.32 Å². The summed E-state index contributed by atoms with van der Waals surface area (Å²) in [7, 11) is 0. The summed E-state index contributed by atoms with van der Waals surface area (Å²) in [5.41, 5.74) is 7.97. The zero-order valence-corrected chi connectivity index (χ0v) is 15.1. The lowest BCUT2D eigenvalue weighted by Crippen LogP contribution is -2.29. The van der Waals surface area contributed by atoms with E-state index in [9.17, 15) is 9.59 Å². The van der Waals surface area contributed by atoms with Crippen LogP contribution in [0.25, 0.3) is 0 Å². The number of nitrogens with one attached hydrogen (secondary N) is 2. The first kappa shape index (κ1) is 18.5. The highest BCUT2D eigenvalue weighted by molar-refractivity contribution is 6.30. The molecule has 3 rings (SSSR count). The molecule has 0 aromatic heterocycles. The maximum Gasteiger partial charge on any atom is 0.316 e. The van der Waals surface area contributed by atoms with Gasteiger partial charge in [-0.3, -0.25) is 4.79 Å². The molecule has 1 atom stereocenters. The van der Waals surface area contributed by atoms with Crippen LogP contribution in [0, 0.1) is 0 Å². The van der Waals surface area contributed by atoms with Crippen LogP contribution in [0.1, 0.15) is 27.5 Å². The molecule has 0 spiro atoms. The van der Waals surface area contributed by atoms with Crippen LogP contribution in [0.3, 0.4) is 0 Å². The molecule has 3 aromatic carbocycles. The largest absolute Gasteiger partial charge is 0.351 e. The van der Waals surface area contributed by atoms with Crippen LogP contribution >= 0.6 is 11.6 Å². The summed E-state index contributed by atoms with van der Waals surface area (Å²) in [5, 5.41) is 6.15. The Morgan fingerprint density at radius 2 is 1.41 bits per heavy atom. The van der Waals surface area contributed by atoms with Gasteiger partial charge in [0.2, 0.25) is 0 Å². The quantitative estimate of drug-likeness (QED) is 0.615. The highest BCUT2D eigenvalue weighted by Crippen LogP contribution is 2.24. The third-order valence-corrected chi connectivity index (χ3v) is 4.28. The van der Waals surface area contributed by atoms with Crippen LogP contribution < -0.4 is 16.4 Å². The van der Waals surface area contributed by atoms with Crippen molar-refractivity contribution in [3.05, 3.63) is 101 Å². The zero-order valence-electron chi connectivity index (χ0n) is 14.4. The Kier molecular flexibility index (Phi) is 5.74. The number of nitrogens with two attached hydrogens (primary N) is 1. The summed E-state index contributed by atoms with van der Waals surface area (Å²) in [4.78, 5) is 23.6. The van der Waals surface area contributed by atoms with Gasteiger partial charge in [-0.25, -0.2) is 4.79 Å². The average molecular weight is 380 g/mol. The number of urea groups is 1. The van der Waals surface area contributed by atoms with Gasteiger partial charge < -0.3 is 16.4 Å². The number of hydrogen-bond donors (Lipinski definition) is 3. The summed E-state index contributed by atoms with van der Waals surface area (Å²) >= 11 is 5.99. The van der Waals surface area contributed by atoms with Gasteiger partial charge in [0.15, 0.2) is 0 Å². The Morgan fingerprint density at radius 3 is 2.00 bits per heavy atom. The van der Waals surface area contributed by atoms with Crippen LogP contribution in [0.2, 0.25) is 5.02 Å². The molecule has 3 aromatic rings. The first-order valence-corrected chi connectivity index (χ1v) is 8.68. The van der Waals surface area contributed by atoms with E-state index in [-0.39, 0.29) is 11.9 Å². The number of anilines is 1. The van der Waals surface area contributed by atoms with E-state index < -0.39 is 6.03 Å². The molecule has 0 aliphatic carbocycles. The molecule has 0 saturated carbocycles. The van der Waals surface area contributed by atoms with E-state index >= 15 is 0 Å². The van der Waals surface area contributed by atoms with Gasteiger partial charge in [-0.05, 0) is 47.5 Å². The van der Waals surface area contributed by atoms with Crippen LogP contribution in [-0.4, -0.2) is 11.9 Å². The molecule has 1 unspecified atom stereocenters. The average Bonchev–Trinajstić information content (AvgIpc) is 2.67. The molecule has 27 heavy (non-hydrogen) atoms. The van der Waals surface area contributed by atoms with Crippen molar-refractivity contribution < 1.29 is 9.59 Å². The predicted molar refractivity (Wildman–Crippen MR) is 107 cm³/mol. The molecule has 0 bridgehead atoms. The number of amides is 3. The standard InChI is InChI=1S/C21H18ClN3O2/c22-17-10-6-15(7-11-17)19(14-4-2-1-3-5-14)25-20(26)16-8-12-18(13-9-16)24-21(23)27/h1-13,19H,(H,25,26)(H3,23,24,27). The number of rotatable bonds is 5. The molecule has 5 nitrogen and oxygen atoms in total. The molecular weight excluding hydrogens is 362 g/mol. The first-order chi connectivity index (χ1) is 13.0. The molecule has 6 heteroatoms. The first-order valence-electron chi connectivity index (χ1n) is 8.31. The van der Waals surface area contributed by atoms with Gasteiger partial charge in [-0.2, -0.15) is 0 Å². The van der Waals surface area contributed by atoms with Crippen LogP contribution in [0.4, 0.5) is 10.5 Å². The number of carbonyl (C=O) groups is 2. The monoisotopic (exact) mass is 379 g/mol. The Balaban J connectivity index is 1.84. The molecular formula is C21H18ClN3O2. The summed E-state index contributed by atoms with van der Waals surface area (Å²) in [6.45, 7) is 0. The normalized spacial score (nSPS) is 11.4. The Bertz CT molecular complexity index is 926. The molecule has 4 N–H and O–H groups in total. The van der Waals surface area contributed by atoms with E-state index in [2.05, 4.69) is 10.6 Å². The highest BCUT2D eigenvalue weighted by atomic mass is 35.5. The number of carbonyl (C=O) groups excluding carboxylic acids is 2. The maximum atomic E-state index is 12.8. The van der Waals surface area contributed by atoms with E-state index in [1.54, 1.807) is 36.4 Å². The second-order valence-corrected chi connectivity index (χ2v) is 6.37. The van der Waals surface area contributed by atoms with Gasteiger partial charge in [-0.1, -0.05) is 54.1 Å². The van der Waals surface area contributed by atoms with Gasteiger partial charge in [-0.15, -0.1) is 0 Å². The highest BCUT2D eigenvalue weighted by Gasteiger charge is 2.17. The smallest absolute Gasteiger partial charge is 0.316 e. The van der Waals surface area contributed by atoms with Crippen molar-refractivity contribution in [1.82, 2.24) is 5.32 Å². The number of hydrogen-bond acceptors (Lipinski definition) is 2. The van der Waals surface area contributed by atoms with Crippen molar-refractivity contribution in [2.24, 2.45) is 5.73 Å². The minimum atomic E-state index is -0.654. The fourth-order valence-electron chi connectivity index (χ4n) is 2.72. The van der Waals surface area contributed by atoms with Crippen molar-refractivity contribution in [3.63, 3.8) is 0 Å². The SMILES string of the molecule is NC(=O)Nc1ccc(C(=O)NC(c2ccccc2)c2ccc(Cl)cc2)cc1. The van der Waals surface area contributed by atoms with Crippen LogP contribution in [-0.2, 0) is 0 Å². The van der Waals surface area contributed by atoms with E-state index in [0.717, 1.165) is 11.1 Å². The molecule has 136 valence electrons. The topological polar surface area (TPSA) is 84.2 Å². The molecule has 0 aliphatic rings. The van der Waals surface area contributed by atoms with E-state index in [1.165, 1.54) is 0 Å². The van der Waals surface area contributed by atoms with Crippen molar-refractivity contribution in [2.45, 2.75) is 6.04 Å². The van der Waals surface area contributed by atoms with Crippen LogP contribution in [0.5, 0.6) is 0 Å². The molecule has 0 fully saturated rings. The van der Waals surface area contributed by atoms with E-state index in [0.29, 0.717) is 16.3 Å². The summed E-state index contributed by atoms with van der Waals surface area (Å²) in [6, 6.07) is 22.6. The number of benzene rings is 3. The van der Waals surface area contributed by atoms with Gasteiger partial charge in [0.1, 0.15) is 0 Å². The Hall–Kier alpha value is -3.31. The van der Waals surface area contributed by atoms with Crippen molar-refractivity contribution >= 4 is 29.2 Å². The Labute approximate surface area is 162 Å². The maximum absolute atomic E-state index is 12.8. The summed E-state index contributed by atoms with van der Waals surface area (Å²) < 4.78 is 0. The third kappa shape index (κ3) is 4.86. The van der Waals surface area contributed by atoms with Gasteiger partial charge >= 0.3 is 6.03 Å². The number of halogens is 1. The van der Waals surface area contributed by atoms with E-state index in [1.807, 2.05) is 42.5 Å². The fourth-order valence-corrected chi connectivity index (χ4v) is 2.85.